The van der Waals surface area contributed by atoms with Gasteiger partial charge in [-0.1, -0.05) is 30.3 Å². The number of rotatable bonds is 7. The lowest BCUT2D eigenvalue weighted by Gasteiger charge is -2.25. The minimum absolute atomic E-state index is 0.0926. The minimum Gasteiger partial charge on any atom is -0.494 e. The summed E-state index contributed by atoms with van der Waals surface area (Å²) in [5, 5.41) is 0. The van der Waals surface area contributed by atoms with E-state index in [4.69, 9.17) is 4.74 Å². The molecule has 0 radical (unpaired) electrons. The molecule has 0 aliphatic carbocycles. The van der Waals surface area contributed by atoms with E-state index in [9.17, 15) is 17.6 Å². The van der Waals surface area contributed by atoms with Crippen LogP contribution in [0, 0.1) is 5.82 Å². The monoisotopic (exact) mass is 468 g/mol. The van der Waals surface area contributed by atoms with Crippen LogP contribution in [0.2, 0.25) is 0 Å². The summed E-state index contributed by atoms with van der Waals surface area (Å²) in [5.74, 6) is -0.143. The summed E-state index contributed by atoms with van der Waals surface area (Å²) < 4.78 is 47.3. The molecule has 0 bridgehead atoms. The second kappa shape index (κ2) is 9.62. The first-order valence-electron chi connectivity index (χ1n) is 10.8. The molecule has 1 aliphatic rings. The number of nitrogens with one attached hydrogen (secondary N) is 1. The van der Waals surface area contributed by atoms with Crippen molar-refractivity contribution in [2.75, 3.05) is 17.9 Å². The third kappa shape index (κ3) is 5.01. The Kier molecular flexibility index (Phi) is 6.65. The number of anilines is 1. The van der Waals surface area contributed by atoms with E-state index in [0.717, 1.165) is 24.2 Å². The Morgan fingerprint density at radius 3 is 2.58 bits per heavy atom. The largest absolute Gasteiger partial charge is 0.494 e. The molecule has 33 heavy (non-hydrogen) atoms. The summed E-state index contributed by atoms with van der Waals surface area (Å²) in [6.45, 7) is 3.09. The summed E-state index contributed by atoms with van der Waals surface area (Å²) in [6, 6.07) is 19.0. The van der Waals surface area contributed by atoms with Crippen LogP contribution in [-0.4, -0.2) is 32.4 Å². The van der Waals surface area contributed by atoms with Gasteiger partial charge in [-0.05, 0) is 67.8 Å². The quantitative estimate of drug-likeness (QED) is 0.529. The number of amides is 1. The molecule has 0 spiro atoms. The van der Waals surface area contributed by atoms with Gasteiger partial charge in [-0.2, -0.15) is 0 Å². The van der Waals surface area contributed by atoms with Crippen LogP contribution in [0.25, 0.3) is 0 Å². The van der Waals surface area contributed by atoms with Crippen LogP contribution in [0.5, 0.6) is 5.75 Å². The van der Waals surface area contributed by atoms with Crippen LogP contribution in [0.4, 0.5) is 10.1 Å². The Labute approximate surface area is 193 Å². The molecule has 1 heterocycles. The molecule has 172 valence electrons. The highest BCUT2D eigenvalue weighted by Gasteiger charge is 2.31. The second-order valence-corrected chi connectivity index (χ2v) is 9.45. The number of hydrogen-bond acceptors (Lipinski definition) is 4. The smallest absolute Gasteiger partial charge is 0.262 e. The number of ether oxygens (including phenoxy) is 1. The van der Waals surface area contributed by atoms with Crippen molar-refractivity contribution in [3.05, 3.63) is 89.7 Å². The maximum atomic E-state index is 13.9. The molecule has 4 rings (SSSR count). The summed E-state index contributed by atoms with van der Waals surface area (Å²) in [5.41, 5.74) is 1.13. The Morgan fingerprint density at radius 2 is 1.85 bits per heavy atom. The molecule has 1 saturated heterocycles. The van der Waals surface area contributed by atoms with E-state index in [1.165, 1.54) is 42.5 Å². The Hall–Kier alpha value is -3.39. The Balaban J connectivity index is 1.56. The fourth-order valence-electron chi connectivity index (χ4n) is 4.02. The van der Waals surface area contributed by atoms with Crippen molar-refractivity contribution in [3.63, 3.8) is 0 Å². The zero-order valence-corrected chi connectivity index (χ0v) is 19.0. The Bertz CT molecular complexity index is 1250. The number of halogens is 1. The predicted octanol–water partition coefficient (Wildman–Crippen LogP) is 5.00. The SMILES string of the molecule is CCOc1ccc(C2CCCN2C(=O)c2cccc(S(=O)(=O)Nc3ccccc3F)c2)cc1. The molecule has 1 fully saturated rings. The molecule has 1 atom stereocenters. The average Bonchev–Trinajstić information content (AvgIpc) is 3.31. The zero-order chi connectivity index (χ0) is 23.4. The lowest BCUT2D eigenvalue weighted by molar-refractivity contribution is 0.0735. The fourth-order valence-corrected chi connectivity index (χ4v) is 5.13. The number of sulfonamides is 1. The van der Waals surface area contributed by atoms with Crippen LogP contribution in [0.1, 0.15) is 41.7 Å². The van der Waals surface area contributed by atoms with Crippen LogP contribution < -0.4 is 9.46 Å². The van der Waals surface area contributed by atoms with Gasteiger partial charge in [0, 0.05) is 12.1 Å². The van der Waals surface area contributed by atoms with Gasteiger partial charge < -0.3 is 9.64 Å². The highest BCUT2D eigenvalue weighted by Crippen LogP contribution is 2.34. The average molecular weight is 469 g/mol. The van der Waals surface area contributed by atoms with Gasteiger partial charge >= 0.3 is 0 Å². The van der Waals surface area contributed by atoms with Gasteiger partial charge in [-0.25, -0.2) is 12.8 Å². The fraction of sp³-hybridized carbons (Fsp3) is 0.240. The van der Waals surface area contributed by atoms with E-state index < -0.39 is 15.8 Å². The van der Waals surface area contributed by atoms with Crippen LogP contribution in [-0.2, 0) is 10.0 Å². The molecular formula is C25H25FN2O4S. The first-order chi connectivity index (χ1) is 15.9. The second-order valence-electron chi connectivity index (χ2n) is 7.77. The van der Waals surface area contributed by atoms with Crippen LogP contribution in [0.3, 0.4) is 0 Å². The molecular weight excluding hydrogens is 443 g/mol. The number of benzene rings is 3. The lowest BCUT2D eigenvalue weighted by atomic mass is 10.0. The summed E-state index contributed by atoms with van der Waals surface area (Å²) >= 11 is 0. The van der Waals surface area contributed by atoms with Crippen molar-refractivity contribution in [1.82, 2.24) is 4.90 Å². The van der Waals surface area contributed by atoms with E-state index in [0.29, 0.717) is 13.2 Å². The number of carbonyl (C=O) groups is 1. The maximum absolute atomic E-state index is 13.9. The van der Waals surface area contributed by atoms with E-state index in [2.05, 4.69) is 4.72 Å². The molecule has 1 amide bonds. The molecule has 8 heteroatoms. The number of para-hydroxylation sites is 1. The van der Waals surface area contributed by atoms with Gasteiger partial charge in [0.2, 0.25) is 0 Å². The van der Waals surface area contributed by atoms with Gasteiger partial charge in [0.05, 0.1) is 23.2 Å². The van der Waals surface area contributed by atoms with Gasteiger partial charge in [-0.15, -0.1) is 0 Å². The predicted molar refractivity (Wildman–Crippen MR) is 124 cm³/mol. The lowest BCUT2D eigenvalue weighted by Crippen LogP contribution is -2.30. The molecule has 0 saturated carbocycles. The molecule has 0 aromatic heterocycles. The summed E-state index contributed by atoms with van der Waals surface area (Å²) in [7, 11) is -4.07. The zero-order valence-electron chi connectivity index (χ0n) is 18.2. The first kappa shape index (κ1) is 22.8. The standard InChI is InChI=1S/C25H25FN2O4S/c1-2-32-20-14-12-18(13-15-20)24-11-6-16-28(24)25(29)19-7-5-8-21(17-19)33(30,31)27-23-10-4-3-9-22(23)26/h3-5,7-10,12-15,17,24,27H,2,6,11,16H2,1H3. The highest BCUT2D eigenvalue weighted by atomic mass is 32.2. The van der Waals surface area contributed by atoms with Crippen molar-refractivity contribution >= 4 is 21.6 Å². The van der Waals surface area contributed by atoms with Crippen molar-refractivity contribution in [3.8, 4) is 5.75 Å². The summed E-state index contributed by atoms with van der Waals surface area (Å²) in [4.78, 5) is 15.0. The third-order valence-corrected chi connectivity index (χ3v) is 6.96. The van der Waals surface area contributed by atoms with Crippen molar-refractivity contribution in [2.24, 2.45) is 0 Å². The normalized spacial score (nSPS) is 15.9. The van der Waals surface area contributed by atoms with Crippen molar-refractivity contribution in [2.45, 2.75) is 30.7 Å². The third-order valence-electron chi connectivity index (χ3n) is 5.60. The summed E-state index contributed by atoms with van der Waals surface area (Å²) in [6.07, 6.45) is 1.68. The van der Waals surface area contributed by atoms with Gasteiger partial charge in [0.25, 0.3) is 15.9 Å². The number of nitrogens with zero attached hydrogens (tertiary/aromatic N) is 1. The minimum atomic E-state index is -4.07. The van der Waals surface area contributed by atoms with E-state index in [1.807, 2.05) is 31.2 Å². The number of likely N-dealkylation sites (tertiary alicyclic amines) is 1. The number of hydrogen-bond donors (Lipinski definition) is 1. The molecule has 1 N–H and O–H groups in total. The molecule has 6 nitrogen and oxygen atoms in total. The molecule has 3 aromatic carbocycles. The highest BCUT2D eigenvalue weighted by molar-refractivity contribution is 7.92. The van der Waals surface area contributed by atoms with E-state index >= 15 is 0 Å². The topological polar surface area (TPSA) is 75.7 Å². The van der Waals surface area contributed by atoms with Gasteiger partial charge in [-0.3, -0.25) is 9.52 Å². The Morgan fingerprint density at radius 1 is 1.09 bits per heavy atom. The maximum Gasteiger partial charge on any atom is 0.262 e. The van der Waals surface area contributed by atoms with Gasteiger partial charge in [0.15, 0.2) is 0 Å². The molecule has 3 aromatic rings. The van der Waals surface area contributed by atoms with Crippen LogP contribution in [0.15, 0.2) is 77.7 Å². The molecule has 1 aliphatic heterocycles. The van der Waals surface area contributed by atoms with Crippen molar-refractivity contribution in [1.29, 1.82) is 0 Å². The first-order valence-corrected chi connectivity index (χ1v) is 12.3. The van der Waals surface area contributed by atoms with E-state index in [-0.39, 0.29) is 28.1 Å². The van der Waals surface area contributed by atoms with Gasteiger partial charge in [0.1, 0.15) is 11.6 Å². The van der Waals surface area contributed by atoms with Crippen LogP contribution >= 0.6 is 0 Å². The van der Waals surface area contributed by atoms with Crippen molar-refractivity contribution < 1.29 is 22.3 Å². The van der Waals surface area contributed by atoms with E-state index in [1.54, 1.807) is 11.0 Å². The molecule has 1 unspecified atom stereocenters. The number of carbonyl (C=O) groups excluding carboxylic acids is 1.